The van der Waals surface area contributed by atoms with Crippen molar-refractivity contribution in [1.29, 1.82) is 0 Å². The van der Waals surface area contributed by atoms with Crippen molar-refractivity contribution in [2.75, 3.05) is 0 Å². The lowest BCUT2D eigenvalue weighted by Crippen LogP contribution is -2.21. The normalized spacial score (nSPS) is 13.5. The maximum absolute atomic E-state index is 11.9. The highest BCUT2D eigenvalue weighted by Crippen LogP contribution is 2.38. The molecule has 0 amide bonds. The van der Waals surface area contributed by atoms with Crippen molar-refractivity contribution < 1.29 is 14.3 Å². The number of carbonyl (C=O) groups is 2. The van der Waals surface area contributed by atoms with Crippen LogP contribution in [0.2, 0.25) is 0 Å². The molecule has 0 fully saturated rings. The Morgan fingerprint density at radius 3 is 2.11 bits per heavy atom. The van der Waals surface area contributed by atoms with Crippen molar-refractivity contribution >= 4 is 20.1 Å². The van der Waals surface area contributed by atoms with Crippen molar-refractivity contribution in [1.82, 2.24) is 0 Å². The molecule has 1 aromatic rings. The predicted octanol–water partition coefficient (Wildman–Crippen LogP) is 4.24. The first kappa shape index (κ1) is 15.8. The third-order valence-electron chi connectivity index (χ3n) is 2.48. The van der Waals surface area contributed by atoms with Gasteiger partial charge in [-0.15, -0.1) is 0 Å². The van der Waals surface area contributed by atoms with Crippen LogP contribution in [0.5, 0.6) is 0 Å². The summed E-state index contributed by atoms with van der Waals surface area (Å²) in [5.74, 6) is -0.00644. The zero-order valence-electron chi connectivity index (χ0n) is 12.1. The van der Waals surface area contributed by atoms with Gasteiger partial charge in [-0.25, -0.2) is 4.79 Å². The van der Waals surface area contributed by atoms with E-state index in [2.05, 4.69) is 0 Å². The Balaban J connectivity index is 2.82. The molecule has 0 bridgehead atoms. The minimum absolute atomic E-state index is 0.00644. The number of hydrogen-bond donors (Lipinski definition) is 0. The van der Waals surface area contributed by atoms with E-state index in [1.54, 1.807) is 0 Å². The predicted molar refractivity (Wildman–Crippen MR) is 79.2 cm³/mol. The molecule has 0 N–H and O–H groups in total. The van der Waals surface area contributed by atoms with Gasteiger partial charge in [-0.1, -0.05) is 29.8 Å². The first-order valence-corrected chi connectivity index (χ1v) is 7.33. The Hall–Kier alpha value is -1.21. The topological polar surface area (TPSA) is 43.4 Å². The van der Waals surface area contributed by atoms with Gasteiger partial charge in [0.25, 0.3) is 0 Å². The molecule has 0 saturated heterocycles. The number of rotatable bonds is 4. The Morgan fingerprint density at radius 1 is 1.16 bits per heavy atom. The monoisotopic (exact) mass is 280 g/mol. The summed E-state index contributed by atoms with van der Waals surface area (Å²) in [6.07, 6.45) is 0. The van der Waals surface area contributed by atoms with Gasteiger partial charge in [-0.2, -0.15) is 0 Å². The van der Waals surface area contributed by atoms with E-state index in [9.17, 15) is 9.59 Å². The Labute approximate surface area is 116 Å². The fraction of sp³-hybridized carbons (Fsp3) is 0.467. The van der Waals surface area contributed by atoms with Crippen molar-refractivity contribution in [3.8, 4) is 0 Å². The second-order valence-corrected chi connectivity index (χ2v) is 6.87. The molecule has 0 spiro atoms. The Bertz CT molecular complexity index is 457. The molecule has 0 aliphatic heterocycles. The van der Waals surface area contributed by atoms with Crippen molar-refractivity contribution in [3.63, 3.8) is 0 Å². The minimum atomic E-state index is -0.515. The van der Waals surface area contributed by atoms with E-state index in [-0.39, 0.29) is 20.1 Å². The molecule has 0 saturated carbocycles. The third kappa shape index (κ3) is 5.52. The lowest BCUT2D eigenvalue weighted by molar-refractivity contribution is -0.116. The van der Waals surface area contributed by atoms with Crippen LogP contribution in [0.3, 0.4) is 0 Å². The van der Waals surface area contributed by atoms with E-state index in [0.717, 1.165) is 11.1 Å². The Kier molecular flexibility index (Phi) is 5.25. The number of ether oxygens (including phenoxy) is 1. The van der Waals surface area contributed by atoms with Crippen LogP contribution in [0.4, 0.5) is 4.79 Å². The highest BCUT2D eigenvalue weighted by molar-refractivity contribution is 7.58. The molecule has 104 valence electrons. The summed E-state index contributed by atoms with van der Waals surface area (Å²) in [5.41, 5.74) is 0.788. The molecule has 1 aromatic carbocycles. The van der Waals surface area contributed by atoms with Crippen LogP contribution in [-0.4, -0.2) is 17.1 Å². The highest BCUT2D eigenvalue weighted by Gasteiger charge is 2.24. The quantitative estimate of drug-likeness (QED) is 0.775. The fourth-order valence-electron chi connectivity index (χ4n) is 1.60. The fourth-order valence-corrected chi connectivity index (χ4v) is 2.77. The largest absolute Gasteiger partial charge is 0.457 e. The van der Waals surface area contributed by atoms with Crippen LogP contribution < -0.4 is 0 Å². The lowest BCUT2D eigenvalue weighted by Gasteiger charge is -2.21. The number of aryl methyl sites for hydroxylation is 1. The molecule has 3 nitrogen and oxygen atoms in total. The standard InChI is InChI=1S/C15H21O3P/c1-10-6-8-12(9-7-10)13(11(2)16)19-14(17)18-15(3,4)5/h6-9,13,19H,1-5H3. The molecule has 0 heterocycles. The smallest absolute Gasteiger partial charge is 0.324 e. The number of carbonyl (C=O) groups excluding carboxylic acids is 2. The Morgan fingerprint density at radius 2 is 1.68 bits per heavy atom. The van der Waals surface area contributed by atoms with Crippen LogP contribution in [0.15, 0.2) is 24.3 Å². The number of benzene rings is 1. The van der Waals surface area contributed by atoms with Gasteiger partial charge in [0.05, 0.1) is 5.66 Å². The minimum Gasteiger partial charge on any atom is -0.457 e. The van der Waals surface area contributed by atoms with E-state index in [1.165, 1.54) is 6.92 Å². The van der Waals surface area contributed by atoms with Crippen LogP contribution >= 0.6 is 8.58 Å². The number of Topliss-reactive ketones (excluding diaryl/α,β-unsaturated/α-hetero) is 1. The summed E-state index contributed by atoms with van der Waals surface area (Å²) < 4.78 is 5.28. The number of ketones is 1. The molecular formula is C15H21O3P. The van der Waals surface area contributed by atoms with Crippen LogP contribution in [0.25, 0.3) is 0 Å². The van der Waals surface area contributed by atoms with Gasteiger partial charge < -0.3 is 4.74 Å². The molecule has 19 heavy (non-hydrogen) atoms. The molecule has 4 heteroatoms. The third-order valence-corrected chi connectivity index (χ3v) is 3.84. The maximum Gasteiger partial charge on any atom is 0.324 e. The first-order valence-electron chi connectivity index (χ1n) is 6.25. The van der Waals surface area contributed by atoms with Crippen LogP contribution in [0, 0.1) is 6.92 Å². The van der Waals surface area contributed by atoms with E-state index in [1.807, 2.05) is 52.0 Å². The van der Waals surface area contributed by atoms with Gasteiger partial charge in [0.1, 0.15) is 11.4 Å². The zero-order valence-corrected chi connectivity index (χ0v) is 13.1. The maximum atomic E-state index is 11.9. The molecule has 0 aromatic heterocycles. The van der Waals surface area contributed by atoms with Crippen molar-refractivity contribution in [2.45, 2.75) is 45.9 Å². The second-order valence-electron chi connectivity index (χ2n) is 5.60. The summed E-state index contributed by atoms with van der Waals surface area (Å²) in [6, 6.07) is 7.70. The summed E-state index contributed by atoms with van der Waals surface area (Å²) in [7, 11) is -0.185. The van der Waals surface area contributed by atoms with Gasteiger partial charge in [0.15, 0.2) is 0 Å². The molecule has 0 aliphatic rings. The first-order chi connectivity index (χ1) is 8.69. The summed E-state index contributed by atoms with van der Waals surface area (Å²) in [4.78, 5) is 23.6. The van der Waals surface area contributed by atoms with E-state index < -0.39 is 11.3 Å². The van der Waals surface area contributed by atoms with Crippen molar-refractivity contribution in [3.05, 3.63) is 35.4 Å². The highest BCUT2D eigenvalue weighted by atomic mass is 31.1. The van der Waals surface area contributed by atoms with E-state index >= 15 is 0 Å². The summed E-state index contributed by atoms with van der Waals surface area (Å²) in [6.45, 7) is 8.97. The lowest BCUT2D eigenvalue weighted by atomic mass is 10.1. The second kappa shape index (κ2) is 6.29. The van der Waals surface area contributed by atoms with E-state index in [0.29, 0.717) is 0 Å². The molecule has 1 rings (SSSR count). The van der Waals surface area contributed by atoms with Gasteiger partial charge in [0, 0.05) is 8.58 Å². The summed E-state index contributed by atoms with van der Waals surface area (Å²) >= 11 is 0. The molecular weight excluding hydrogens is 259 g/mol. The van der Waals surface area contributed by atoms with Crippen molar-refractivity contribution in [2.24, 2.45) is 0 Å². The molecule has 0 radical (unpaired) electrons. The number of hydrogen-bond acceptors (Lipinski definition) is 3. The van der Waals surface area contributed by atoms with E-state index in [4.69, 9.17) is 4.74 Å². The zero-order chi connectivity index (χ0) is 14.6. The SMILES string of the molecule is CC(=O)C(PC(=O)OC(C)(C)C)c1ccc(C)cc1. The average Bonchev–Trinajstić information content (AvgIpc) is 2.24. The van der Waals surface area contributed by atoms with Gasteiger partial charge in [0.2, 0.25) is 0 Å². The molecule has 2 unspecified atom stereocenters. The van der Waals surface area contributed by atoms with Gasteiger partial charge in [-0.3, -0.25) is 4.79 Å². The van der Waals surface area contributed by atoms with Gasteiger partial charge >= 0.3 is 5.71 Å². The molecule has 0 aliphatic carbocycles. The molecule has 2 atom stereocenters. The van der Waals surface area contributed by atoms with Crippen LogP contribution in [0.1, 0.15) is 44.5 Å². The summed E-state index contributed by atoms with van der Waals surface area (Å²) in [5, 5.41) is 0. The van der Waals surface area contributed by atoms with Gasteiger partial charge in [-0.05, 0) is 40.2 Å². The van der Waals surface area contributed by atoms with Crippen LogP contribution in [-0.2, 0) is 9.53 Å². The average molecular weight is 280 g/mol.